The van der Waals surface area contributed by atoms with E-state index in [0.717, 1.165) is 12.8 Å². The smallest absolute Gasteiger partial charge is 0.406 e. The Balaban J connectivity index is 2.24. The molecule has 0 aliphatic carbocycles. The van der Waals surface area contributed by atoms with E-state index in [1.165, 1.54) is 12.7 Å². The van der Waals surface area contributed by atoms with Gasteiger partial charge in [-0.2, -0.15) is 5.10 Å². The van der Waals surface area contributed by atoms with Gasteiger partial charge in [0.1, 0.15) is 0 Å². The molecule has 5 nitrogen and oxygen atoms in total. The van der Waals surface area contributed by atoms with Crippen molar-refractivity contribution in [1.29, 1.82) is 0 Å². The van der Waals surface area contributed by atoms with Gasteiger partial charge in [0.15, 0.2) is 0 Å². The highest BCUT2D eigenvalue weighted by molar-refractivity contribution is 5.66. The van der Waals surface area contributed by atoms with Crippen LogP contribution in [-0.2, 0) is 11.2 Å². The van der Waals surface area contributed by atoms with Gasteiger partial charge in [0, 0.05) is 18.8 Å². The number of alkyl carbamates (subject to hydrolysis) is 1. The van der Waals surface area contributed by atoms with Crippen LogP contribution >= 0.6 is 0 Å². The van der Waals surface area contributed by atoms with Gasteiger partial charge in [0.2, 0.25) is 0 Å². The van der Waals surface area contributed by atoms with E-state index in [1.54, 1.807) is 0 Å². The second kappa shape index (κ2) is 6.15. The van der Waals surface area contributed by atoms with Crippen LogP contribution in [0.15, 0.2) is 12.4 Å². The Kier molecular flexibility index (Phi) is 4.82. The van der Waals surface area contributed by atoms with Crippen LogP contribution < -0.4 is 5.32 Å². The molecule has 1 N–H and O–H groups in total. The summed E-state index contributed by atoms with van der Waals surface area (Å²) in [4.78, 5) is 10.8. The maximum Gasteiger partial charge on any atom is 0.406 e. The minimum atomic E-state index is -0.377. The summed E-state index contributed by atoms with van der Waals surface area (Å²) < 4.78 is 6.41. The highest BCUT2D eigenvalue weighted by atomic mass is 16.5. The number of ether oxygens (including phenoxy) is 1. The standard InChI is InChI=1S/C11H19N3O2/c1-9(2)14-8-10(7-13-14)5-4-6-12-11(15)16-3/h7-9H,4-6H2,1-3H3,(H,12,15). The van der Waals surface area contributed by atoms with E-state index in [-0.39, 0.29) is 6.09 Å². The van der Waals surface area contributed by atoms with Crippen LogP contribution in [0.4, 0.5) is 4.79 Å². The summed E-state index contributed by atoms with van der Waals surface area (Å²) in [6.45, 7) is 4.81. The maximum atomic E-state index is 10.8. The summed E-state index contributed by atoms with van der Waals surface area (Å²) in [7, 11) is 1.36. The number of nitrogens with one attached hydrogen (secondary N) is 1. The zero-order valence-corrected chi connectivity index (χ0v) is 10.1. The van der Waals surface area contributed by atoms with Gasteiger partial charge >= 0.3 is 6.09 Å². The van der Waals surface area contributed by atoms with Crippen molar-refractivity contribution >= 4 is 6.09 Å². The van der Waals surface area contributed by atoms with Crippen LogP contribution in [-0.4, -0.2) is 29.5 Å². The van der Waals surface area contributed by atoms with Crippen molar-refractivity contribution in [1.82, 2.24) is 15.1 Å². The fourth-order valence-corrected chi connectivity index (χ4v) is 1.34. The number of amides is 1. The molecule has 0 atom stereocenters. The van der Waals surface area contributed by atoms with Gasteiger partial charge in [-0.1, -0.05) is 0 Å². The largest absolute Gasteiger partial charge is 0.453 e. The number of carbonyl (C=O) groups is 1. The molecule has 1 aromatic rings. The Hall–Kier alpha value is -1.52. The molecular weight excluding hydrogens is 206 g/mol. The summed E-state index contributed by atoms with van der Waals surface area (Å²) in [5.41, 5.74) is 1.19. The van der Waals surface area contributed by atoms with Gasteiger partial charge in [-0.3, -0.25) is 4.68 Å². The van der Waals surface area contributed by atoms with Crippen LogP contribution in [0, 0.1) is 0 Å². The Labute approximate surface area is 95.8 Å². The average Bonchev–Trinajstić information content (AvgIpc) is 2.72. The van der Waals surface area contributed by atoms with Gasteiger partial charge < -0.3 is 10.1 Å². The van der Waals surface area contributed by atoms with Crippen molar-refractivity contribution in [3.8, 4) is 0 Å². The molecule has 0 spiro atoms. The zero-order chi connectivity index (χ0) is 12.0. The number of nitrogens with zero attached hydrogens (tertiary/aromatic N) is 2. The molecule has 16 heavy (non-hydrogen) atoms. The fourth-order valence-electron chi connectivity index (χ4n) is 1.34. The first-order chi connectivity index (χ1) is 7.63. The molecule has 0 fully saturated rings. The molecule has 0 saturated heterocycles. The van der Waals surface area contributed by atoms with Crippen molar-refractivity contribution in [2.24, 2.45) is 0 Å². The number of carbonyl (C=O) groups excluding carboxylic acids is 1. The van der Waals surface area contributed by atoms with Crippen molar-refractivity contribution in [2.75, 3.05) is 13.7 Å². The summed E-state index contributed by atoms with van der Waals surface area (Å²) in [6, 6.07) is 0.391. The predicted molar refractivity (Wildman–Crippen MR) is 61.3 cm³/mol. The lowest BCUT2D eigenvalue weighted by Crippen LogP contribution is -2.24. The highest BCUT2D eigenvalue weighted by Crippen LogP contribution is 2.06. The summed E-state index contributed by atoms with van der Waals surface area (Å²) in [5.74, 6) is 0. The Morgan fingerprint density at radius 1 is 1.62 bits per heavy atom. The first kappa shape index (κ1) is 12.5. The van der Waals surface area contributed by atoms with E-state index in [9.17, 15) is 4.79 Å². The van der Waals surface area contributed by atoms with E-state index in [4.69, 9.17) is 0 Å². The molecule has 1 amide bonds. The second-order valence-electron chi connectivity index (χ2n) is 3.94. The van der Waals surface area contributed by atoms with E-state index < -0.39 is 0 Å². The lowest BCUT2D eigenvalue weighted by Gasteiger charge is -2.03. The molecule has 0 saturated carbocycles. The van der Waals surface area contributed by atoms with Crippen molar-refractivity contribution in [3.63, 3.8) is 0 Å². The topological polar surface area (TPSA) is 56.1 Å². The number of aryl methyl sites for hydroxylation is 1. The molecule has 1 rings (SSSR count). The minimum Gasteiger partial charge on any atom is -0.453 e. The van der Waals surface area contributed by atoms with E-state index in [0.29, 0.717) is 12.6 Å². The number of hydrogen-bond acceptors (Lipinski definition) is 3. The molecule has 0 aliphatic rings. The SMILES string of the molecule is COC(=O)NCCCc1cnn(C(C)C)c1. The predicted octanol–water partition coefficient (Wildman–Crippen LogP) is 1.75. The van der Waals surface area contributed by atoms with Gasteiger partial charge in [-0.05, 0) is 32.3 Å². The quantitative estimate of drug-likeness (QED) is 0.777. The lowest BCUT2D eigenvalue weighted by atomic mass is 10.2. The van der Waals surface area contributed by atoms with Gasteiger partial charge in [-0.15, -0.1) is 0 Å². The van der Waals surface area contributed by atoms with E-state index in [2.05, 4.69) is 29.0 Å². The molecule has 1 aromatic heterocycles. The van der Waals surface area contributed by atoms with Gasteiger partial charge in [-0.25, -0.2) is 4.79 Å². The average molecular weight is 225 g/mol. The first-order valence-corrected chi connectivity index (χ1v) is 5.48. The third-order valence-electron chi connectivity index (χ3n) is 2.28. The molecular formula is C11H19N3O2. The summed E-state index contributed by atoms with van der Waals surface area (Å²) >= 11 is 0. The van der Waals surface area contributed by atoms with Crippen LogP contribution in [0.5, 0.6) is 0 Å². The van der Waals surface area contributed by atoms with Gasteiger partial charge in [0.25, 0.3) is 0 Å². The third-order valence-corrected chi connectivity index (χ3v) is 2.28. The molecule has 0 radical (unpaired) electrons. The van der Waals surface area contributed by atoms with Crippen LogP contribution in [0.2, 0.25) is 0 Å². The van der Waals surface area contributed by atoms with Crippen molar-refractivity contribution in [3.05, 3.63) is 18.0 Å². The highest BCUT2D eigenvalue weighted by Gasteiger charge is 2.02. The number of aromatic nitrogens is 2. The molecule has 1 heterocycles. The van der Waals surface area contributed by atoms with Crippen molar-refractivity contribution < 1.29 is 9.53 Å². The van der Waals surface area contributed by atoms with Crippen molar-refractivity contribution in [2.45, 2.75) is 32.7 Å². The molecule has 5 heteroatoms. The Morgan fingerprint density at radius 2 is 2.38 bits per heavy atom. The van der Waals surface area contributed by atoms with Crippen LogP contribution in [0.25, 0.3) is 0 Å². The zero-order valence-electron chi connectivity index (χ0n) is 10.1. The van der Waals surface area contributed by atoms with Gasteiger partial charge in [0.05, 0.1) is 13.3 Å². The third kappa shape index (κ3) is 3.92. The lowest BCUT2D eigenvalue weighted by molar-refractivity contribution is 0.171. The van der Waals surface area contributed by atoms with Crippen LogP contribution in [0.1, 0.15) is 31.9 Å². The summed E-state index contributed by atoms with van der Waals surface area (Å²) in [6.07, 6.45) is 5.34. The van der Waals surface area contributed by atoms with Crippen LogP contribution in [0.3, 0.4) is 0 Å². The number of hydrogen-bond donors (Lipinski definition) is 1. The number of methoxy groups -OCH3 is 1. The number of rotatable bonds is 5. The normalized spacial score (nSPS) is 10.5. The maximum absolute atomic E-state index is 10.8. The van der Waals surface area contributed by atoms with E-state index in [1.807, 2.05) is 17.1 Å². The summed E-state index contributed by atoms with van der Waals surface area (Å²) in [5, 5.41) is 6.89. The molecule has 0 bridgehead atoms. The second-order valence-corrected chi connectivity index (χ2v) is 3.94. The molecule has 90 valence electrons. The first-order valence-electron chi connectivity index (χ1n) is 5.48. The monoisotopic (exact) mass is 225 g/mol. The molecule has 0 aliphatic heterocycles. The Morgan fingerprint density at radius 3 is 2.94 bits per heavy atom. The molecule has 0 unspecified atom stereocenters. The fraction of sp³-hybridized carbons (Fsp3) is 0.636. The minimum absolute atomic E-state index is 0.377. The Bertz CT molecular complexity index is 334. The van der Waals surface area contributed by atoms with E-state index >= 15 is 0 Å². The molecule has 0 aromatic carbocycles.